The predicted octanol–water partition coefficient (Wildman–Crippen LogP) is 3.86. The quantitative estimate of drug-likeness (QED) is 0.509. The van der Waals surface area contributed by atoms with Crippen LogP contribution in [0, 0.1) is 12.7 Å². The molecule has 0 bridgehead atoms. The maximum atomic E-state index is 13.4. The summed E-state index contributed by atoms with van der Waals surface area (Å²) < 4.78 is 13.4. The van der Waals surface area contributed by atoms with Crippen LogP contribution in [0.5, 0.6) is 0 Å². The van der Waals surface area contributed by atoms with E-state index < -0.39 is 24.6 Å². The molecule has 3 N–H and O–H groups in total. The van der Waals surface area contributed by atoms with Gasteiger partial charge < -0.3 is 15.3 Å². The van der Waals surface area contributed by atoms with Crippen molar-refractivity contribution >= 4 is 12.0 Å². The van der Waals surface area contributed by atoms with Crippen molar-refractivity contribution in [3.8, 4) is 22.6 Å². The fourth-order valence-electron chi connectivity index (χ4n) is 3.17. The third-order valence-corrected chi connectivity index (χ3v) is 4.69. The molecule has 0 fully saturated rings. The van der Waals surface area contributed by atoms with Gasteiger partial charge in [-0.2, -0.15) is 0 Å². The summed E-state index contributed by atoms with van der Waals surface area (Å²) in [4.78, 5) is 20.0. The molecule has 0 spiro atoms. The fraction of sp³-hybridized carbons (Fsp3) is 0.208. The number of aryl methyl sites for hydroxylation is 1. The van der Waals surface area contributed by atoms with Crippen molar-refractivity contribution in [2.75, 3.05) is 0 Å². The highest BCUT2D eigenvalue weighted by Gasteiger charge is 2.16. The van der Waals surface area contributed by atoms with Gasteiger partial charge in [0.25, 0.3) is 0 Å². The van der Waals surface area contributed by atoms with E-state index in [1.165, 1.54) is 18.2 Å². The van der Waals surface area contributed by atoms with Crippen LogP contribution in [0.25, 0.3) is 28.7 Å². The van der Waals surface area contributed by atoms with Crippen LogP contribution in [-0.4, -0.2) is 43.5 Å². The van der Waals surface area contributed by atoms with Gasteiger partial charge in [-0.05, 0) is 31.2 Å². The zero-order valence-electron chi connectivity index (χ0n) is 16.9. The molecule has 3 aromatic rings. The largest absolute Gasteiger partial charge is 0.481 e. The van der Waals surface area contributed by atoms with E-state index in [0.717, 1.165) is 5.56 Å². The van der Waals surface area contributed by atoms with Gasteiger partial charge in [0.15, 0.2) is 5.82 Å². The lowest BCUT2D eigenvalue weighted by atomic mass is 10.0. The summed E-state index contributed by atoms with van der Waals surface area (Å²) in [5.41, 5.74) is 3.38. The number of carbonyl (C=O) groups is 1. The number of carboxylic acids is 1. The third kappa shape index (κ3) is 6.04. The van der Waals surface area contributed by atoms with Gasteiger partial charge in [0.1, 0.15) is 5.82 Å². The summed E-state index contributed by atoms with van der Waals surface area (Å²) in [6.45, 7) is 1.81. The molecule has 1 heterocycles. The Morgan fingerprint density at radius 1 is 1.03 bits per heavy atom. The van der Waals surface area contributed by atoms with E-state index in [1.807, 2.05) is 37.3 Å². The molecule has 2 atom stereocenters. The predicted molar refractivity (Wildman–Crippen MR) is 116 cm³/mol. The van der Waals surface area contributed by atoms with Crippen molar-refractivity contribution in [3.05, 3.63) is 77.7 Å². The Kier molecular flexibility index (Phi) is 7.23. The Bertz CT molecular complexity index is 1070. The van der Waals surface area contributed by atoms with E-state index in [1.54, 1.807) is 18.2 Å². The molecule has 2 aromatic carbocycles. The second kappa shape index (κ2) is 10.1. The Labute approximate surface area is 179 Å². The molecule has 160 valence electrons. The topological polar surface area (TPSA) is 104 Å². The van der Waals surface area contributed by atoms with E-state index in [9.17, 15) is 19.4 Å². The van der Waals surface area contributed by atoms with Crippen molar-refractivity contribution in [2.45, 2.75) is 32.0 Å². The Morgan fingerprint density at radius 3 is 2.35 bits per heavy atom. The summed E-state index contributed by atoms with van der Waals surface area (Å²) in [5.74, 6) is -0.979. The normalized spacial score (nSPS) is 13.3. The Balaban J connectivity index is 1.98. The van der Waals surface area contributed by atoms with Gasteiger partial charge in [0, 0.05) is 28.8 Å². The van der Waals surface area contributed by atoms with Crippen molar-refractivity contribution in [2.24, 2.45) is 0 Å². The van der Waals surface area contributed by atoms with Gasteiger partial charge in [-0.25, -0.2) is 14.4 Å². The average Bonchev–Trinajstić information content (AvgIpc) is 2.73. The number of aliphatic carboxylic acids is 1. The summed E-state index contributed by atoms with van der Waals surface area (Å²) in [7, 11) is 0. The summed E-state index contributed by atoms with van der Waals surface area (Å²) in [6.07, 6.45) is 0.332. The molecule has 0 saturated carbocycles. The smallest absolute Gasteiger partial charge is 0.305 e. The number of aromatic nitrogens is 2. The molecule has 6 nitrogen and oxygen atoms in total. The zero-order chi connectivity index (χ0) is 22.4. The summed E-state index contributed by atoms with van der Waals surface area (Å²) in [5, 5.41) is 28.7. The molecule has 31 heavy (non-hydrogen) atoms. The average molecular weight is 422 g/mol. The lowest BCUT2D eigenvalue weighted by Crippen LogP contribution is -2.19. The number of rotatable bonds is 8. The van der Waals surface area contributed by atoms with E-state index in [0.29, 0.717) is 28.3 Å². The first-order valence-corrected chi connectivity index (χ1v) is 9.79. The molecule has 0 aliphatic rings. The van der Waals surface area contributed by atoms with Crippen LogP contribution in [0.2, 0.25) is 0 Å². The second-order valence-corrected chi connectivity index (χ2v) is 7.18. The Hall–Kier alpha value is -3.42. The molecule has 7 heteroatoms. The minimum absolute atomic E-state index is 0.114. The van der Waals surface area contributed by atoms with Crippen LogP contribution >= 0.6 is 0 Å². The highest BCUT2D eigenvalue weighted by Crippen LogP contribution is 2.28. The lowest BCUT2D eigenvalue weighted by molar-refractivity contribution is -0.139. The molecule has 3 rings (SSSR count). The van der Waals surface area contributed by atoms with Gasteiger partial charge in [-0.1, -0.05) is 42.5 Å². The van der Waals surface area contributed by atoms with Crippen LogP contribution in [0.1, 0.15) is 24.1 Å². The molecule has 0 aliphatic heterocycles. The summed E-state index contributed by atoms with van der Waals surface area (Å²) >= 11 is 0. The second-order valence-electron chi connectivity index (χ2n) is 7.18. The first kappa shape index (κ1) is 22.3. The number of hydrogen-bond donors (Lipinski definition) is 3. The first-order chi connectivity index (χ1) is 14.8. The monoisotopic (exact) mass is 422 g/mol. The number of nitrogens with zero attached hydrogens (tertiary/aromatic N) is 2. The number of aliphatic hydroxyl groups is 2. The van der Waals surface area contributed by atoms with Crippen LogP contribution in [0.3, 0.4) is 0 Å². The third-order valence-electron chi connectivity index (χ3n) is 4.69. The van der Waals surface area contributed by atoms with Crippen molar-refractivity contribution in [3.63, 3.8) is 0 Å². The lowest BCUT2D eigenvalue weighted by Gasteiger charge is -2.13. The fourth-order valence-corrected chi connectivity index (χ4v) is 3.17. The van der Waals surface area contributed by atoms with E-state index in [-0.39, 0.29) is 12.2 Å². The van der Waals surface area contributed by atoms with Gasteiger partial charge in [0.05, 0.1) is 24.3 Å². The number of halogens is 1. The van der Waals surface area contributed by atoms with E-state index in [2.05, 4.69) is 9.97 Å². The van der Waals surface area contributed by atoms with Gasteiger partial charge >= 0.3 is 5.97 Å². The van der Waals surface area contributed by atoms with Crippen molar-refractivity contribution in [1.29, 1.82) is 0 Å². The Morgan fingerprint density at radius 2 is 1.71 bits per heavy atom. The van der Waals surface area contributed by atoms with Crippen LogP contribution in [-0.2, 0) is 4.79 Å². The molecule has 0 saturated heterocycles. The van der Waals surface area contributed by atoms with Crippen molar-refractivity contribution < 1.29 is 24.5 Å². The zero-order valence-corrected chi connectivity index (χ0v) is 16.9. The SMILES string of the molecule is Cc1nc(-c2ccccc2)nc(-c2ccc(F)cc2)c1C=C[C@@H](O)C[C@@H](O)CC(=O)O. The minimum atomic E-state index is -1.16. The molecule has 0 radical (unpaired) electrons. The maximum Gasteiger partial charge on any atom is 0.305 e. The molecule has 1 aromatic heterocycles. The van der Waals surface area contributed by atoms with E-state index >= 15 is 0 Å². The highest BCUT2D eigenvalue weighted by atomic mass is 19.1. The van der Waals surface area contributed by atoms with Crippen LogP contribution in [0.4, 0.5) is 4.39 Å². The highest BCUT2D eigenvalue weighted by molar-refractivity contribution is 5.75. The molecule has 0 amide bonds. The first-order valence-electron chi connectivity index (χ1n) is 9.79. The number of aliphatic hydroxyl groups excluding tert-OH is 2. The number of carboxylic acid groups (broad SMARTS) is 1. The number of hydrogen-bond acceptors (Lipinski definition) is 5. The van der Waals surface area contributed by atoms with E-state index in [4.69, 9.17) is 5.11 Å². The standard InChI is InChI=1S/C24H23FN2O4/c1-15-21(12-11-19(28)13-20(29)14-22(30)31)23(16-7-9-18(25)10-8-16)27-24(26-15)17-5-3-2-4-6-17/h2-12,19-20,28-29H,13-14H2,1H3,(H,30,31)/t19-,20-/m1/s1. The minimum Gasteiger partial charge on any atom is -0.481 e. The molecular weight excluding hydrogens is 399 g/mol. The van der Waals surface area contributed by atoms with Gasteiger partial charge in [-0.15, -0.1) is 0 Å². The molecule has 0 aliphatic carbocycles. The summed E-state index contributed by atoms with van der Waals surface area (Å²) in [6, 6.07) is 15.4. The van der Waals surface area contributed by atoms with Crippen LogP contribution < -0.4 is 0 Å². The number of benzene rings is 2. The maximum absolute atomic E-state index is 13.4. The molecular formula is C24H23FN2O4. The van der Waals surface area contributed by atoms with Crippen molar-refractivity contribution in [1.82, 2.24) is 9.97 Å². The van der Waals surface area contributed by atoms with Gasteiger partial charge in [0.2, 0.25) is 0 Å². The van der Waals surface area contributed by atoms with Gasteiger partial charge in [-0.3, -0.25) is 4.79 Å². The van der Waals surface area contributed by atoms with Crippen LogP contribution in [0.15, 0.2) is 60.7 Å². The molecule has 0 unspecified atom stereocenters.